The highest BCUT2D eigenvalue weighted by molar-refractivity contribution is 6.30. The maximum Gasteiger partial charge on any atom is 0.0543 e. The summed E-state index contributed by atoms with van der Waals surface area (Å²) < 4.78 is 0. The molecule has 0 amide bonds. The number of pyridine rings is 2. The first kappa shape index (κ1) is 35.4. The molecule has 0 saturated carbocycles. The molecule has 5 aromatic rings. The number of rotatable bonds is 5. The van der Waals surface area contributed by atoms with E-state index in [9.17, 15) is 0 Å². The van der Waals surface area contributed by atoms with Crippen LogP contribution in [0.25, 0.3) is 33.4 Å². The van der Waals surface area contributed by atoms with Crippen LogP contribution < -0.4 is 5.32 Å². The van der Waals surface area contributed by atoms with Crippen LogP contribution in [0.4, 0.5) is 11.4 Å². The summed E-state index contributed by atoms with van der Waals surface area (Å²) in [6.45, 7) is 26.9. The molecule has 0 radical (unpaired) electrons. The molecule has 0 bridgehead atoms. The first-order valence-electron chi connectivity index (χ1n) is 17.0. The highest BCUT2D eigenvalue weighted by atomic mass is 35.5. The van der Waals surface area contributed by atoms with Crippen LogP contribution >= 0.6 is 11.6 Å². The van der Waals surface area contributed by atoms with Crippen LogP contribution in [0, 0.1) is 0 Å². The molecule has 48 heavy (non-hydrogen) atoms. The number of anilines is 2. The minimum absolute atomic E-state index is 0.109. The van der Waals surface area contributed by atoms with Gasteiger partial charge in [-0.1, -0.05) is 137 Å². The molecule has 0 unspecified atom stereocenters. The van der Waals surface area contributed by atoms with Crippen molar-refractivity contribution in [2.45, 2.75) is 105 Å². The van der Waals surface area contributed by atoms with Gasteiger partial charge in [0.2, 0.25) is 0 Å². The SMILES string of the molecule is CC(C)(C)c1cc(-c2cccc(-c3cc(C(C)(C)C)nc(C(C)(C)C)c3)c2Nc2cccc(-c3ccc(Cl)cc3)c2)cc(C(C)(C)C)n1. The Bertz CT molecular complexity index is 1770. The lowest BCUT2D eigenvalue weighted by Crippen LogP contribution is -2.20. The van der Waals surface area contributed by atoms with E-state index in [0.29, 0.717) is 0 Å². The lowest BCUT2D eigenvalue weighted by Gasteiger charge is -2.27. The molecule has 0 saturated heterocycles. The predicted octanol–water partition coefficient (Wildman–Crippen LogP) is 13.1. The van der Waals surface area contributed by atoms with E-state index in [2.05, 4.69) is 167 Å². The third kappa shape index (κ3) is 8.01. The van der Waals surface area contributed by atoms with Crippen LogP contribution in [0.15, 0.2) is 91.0 Å². The largest absolute Gasteiger partial charge is 0.354 e. The van der Waals surface area contributed by atoms with E-state index >= 15 is 0 Å². The van der Waals surface area contributed by atoms with Gasteiger partial charge in [-0.3, -0.25) is 9.97 Å². The molecule has 0 atom stereocenters. The second-order valence-electron chi connectivity index (χ2n) is 17.2. The van der Waals surface area contributed by atoms with Crippen molar-refractivity contribution in [1.29, 1.82) is 0 Å². The summed E-state index contributed by atoms with van der Waals surface area (Å²) in [7, 11) is 0. The molecule has 250 valence electrons. The van der Waals surface area contributed by atoms with Gasteiger partial charge in [0.05, 0.1) is 5.69 Å². The van der Waals surface area contributed by atoms with Gasteiger partial charge in [0.1, 0.15) is 0 Å². The third-order valence-electron chi connectivity index (χ3n) is 8.72. The smallest absolute Gasteiger partial charge is 0.0543 e. The Kier molecular flexibility index (Phi) is 9.45. The predicted molar refractivity (Wildman–Crippen MR) is 208 cm³/mol. The summed E-state index contributed by atoms with van der Waals surface area (Å²) in [5.74, 6) is 0. The number of halogens is 1. The minimum atomic E-state index is -0.109. The maximum absolute atomic E-state index is 6.22. The molecule has 2 heterocycles. The fourth-order valence-electron chi connectivity index (χ4n) is 5.64. The molecule has 0 aliphatic rings. The Balaban J connectivity index is 1.80. The molecule has 3 aromatic carbocycles. The van der Waals surface area contributed by atoms with Crippen molar-refractivity contribution in [3.63, 3.8) is 0 Å². The van der Waals surface area contributed by atoms with Gasteiger partial charge in [0.15, 0.2) is 0 Å². The molecule has 1 N–H and O–H groups in total. The van der Waals surface area contributed by atoms with Crippen LogP contribution in [-0.4, -0.2) is 9.97 Å². The van der Waals surface area contributed by atoms with Gasteiger partial charge in [0, 0.05) is 66.3 Å². The monoisotopic (exact) mass is 657 g/mol. The average Bonchev–Trinajstić information content (AvgIpc) is 2.99. The zero-order chi connectivity index (χ0) is 35.2. The zero-order valence-corrected chi connectivity index (χ0v) is 31.7. The molecule has 0 aliphatic heterocycles. The maximum atomic E-state index is 6.22. The summed E-state index contributed by atoms with van der Waals surface area (Å²) >= 11 is 6.22. The number of para-hydroxylation sites is 1. The number of aromatic nitrogens is 2. The summed E-state index contributed by atoms with van der Waals surface area (Å²) in [6.07, 6.45) is 0. The number of nitrogens with one attached hydrogen (secondary N) is 1. The van der Waals surface area contributed by atoms with Crippen LogP contribution in [0.2, 0.25) is 5.02 Å². The van der Waals surface area contributed by atoms with Crippen molar-refractivity contribution < 1.29 is 0 Å². The third-order valence-corrected chi connectivity index (χ3v) is 8.97. The van der Waals surface area contributed by atoms with Gasteiger partial charge >= 0.3 is 0 Å². The van der Waals surface area contributed by atoms with Crippen molar-refractivity contribution in [3.05, 3.63) is 119 Å². The van der Waals surface area contributed by atoms with Crippen molar-refractivity contribution in [2.24, 2.45) is 0 Å². The van der Waals surface area contributed by atoms with Crippen molar-refractivity contribution in [3.8, 4) is 33.4 Å². The Morgan fingerprint density at radius 1 is 0.438 bits per heavy atom. The highest BCUT2D eigenvalue weighted by Crippen LogP contribution is 2.43. The van der Waals surface area contributed by atoms with E-state index in [1.807, 2.05) is 12.1 Å². The number of benzene rings is 3. The Morgan fingerprint density at radius 3 is 1.23 bits per heavy atom. The fraction of sp³-hybridized carbons (Fsp3) is 0.364. The number of nitrogens with zero attached hydrogens (tertiary/aromatic N) is 2. The van der Waals surface area contributed by atoms with Crippen LogP contribution in [0.1, 0.15) is 106 Å². The topological polar surface area (TPSA) is 37.8 Å². The van der Waals surface area contributed by atoms with Gasteiger partial charge in [-0.25, -0.2) is 0 Å². The normalized spacial score (nSPS) is 12.7. The molecular formula is C44H52ClN3. The van der Waals surface area contributed by atoms with E-state index in [0.717, 1.165) is 72.6 Å². The highest BCUT2D eigenvalue weighted by Gasteiger charge is 2.26. The summed E-state index contributed by atoms with van der Waals surface area (Å²) in [5, 5.41) is 4.66. The second-order valence-corrected chi connectivity index (χ2v) is 17.6. The standard InChI is InChI=1S/C44H52ClN3/c1-41(2,3)36-24-30(25-37(47-36)42(4,5)6)34-17-14-18-35(31-26-38(43(7,8)9)48-39(27-31)44(10,11)12)40(34)46-33-16-13-15-29(23-33)28-19-21-32(45)22-20-28/h13-27,46H,1-12H3. The Morgan fingerprint density at radius 2 is 0.833 bits per heavy atom. The van der Waals surface area contributed by atoms with Crippen molar-refractivity contribution in [2.75, 3.05) is 5.32 Å². The van der Waals surface area contributed by atoms with Gasteiger partial charge in [0.25, 0.3) is 0 Å². The molecule has 4 heteroatoms. The number of hydrogen-bond acceptors (Lipinski definition) is 3. The lowest BCUT2D eigenvalue weighted by molar-refractivity contribution is 0.531. The number of hydrogen-bond donors (Lipinski definition) is 1. The molecular weight excluding hydrogens is 606 g/mol. The summed E-state index contributed by atoms with van der Waals surface area (Å²) in [6, 6.07) is 32.4. The molecule has 0 spiro atoms. The minimum Gasteiger partial charge on any atom is -0.354 e. The Hall–Kier alpha value is -3.95. The van der Waals surface area contributed by atoms with Crippen LogP contribution in [-0.2, 0) is 21.7 Å². The first-order valence-corrected chi connectivity index (χ1v) is 17.4. The second kappa shape index (κ2) is 12.8. The molecule has 3 nitrogen and oxygen atoms in total. The van der Waals surface area contributed by atoms with E-state index in [-0.39, 0.29) is 21.7 Å². The average molecular weight is 658 g/mol. The van der Waals surface area contributed by atoms with Crippen molar-refractivity contribution >= 4 is 23.0 Å². The van der Waals surface area contributed by atoms with Crippen LogP contribution in [0.3, 0.4) is 0 Å². The molecule has 5 rings (SSSR count). The molecule has 2 aromatic heterocycles. The van der Waals surface area contributed by atoms with Gasteiger partial charge in [-0.05, 0) is 70.8 Å². The quantitative estimate of drug-likeness (QED) is 0.204. The lowest BCUT2D eigenvalue weighted by atomic mass is 9.83. The fourth-order valence-corrected chi connectivity index (χ4v) is 5.77. The van der Waals surface area contributed by atoms with Crippen LogP contribution in [0.5, 0.6) is 0 Å². The van der Waals surface area contributed by atoms with Gasteiger partial charge in [-0.15, -0.1) is 0 Å². The Labute approximate surface area is 294 Å². The van der Waals surface area contributed by atoms with E-state index in [1.54, 1.807) is 0 Å². The van der Waals surface area contributed by atoms with E-state index < -0.39 is 0 Å². The van der Waals surface area contributed by atoms with Gasteiger partial charge in [-0.2, -0.15) is 0 Å². The molecule has 0 aliphatic carbocycles. The van der Waals surface area contributed by atoms with E-state index in [1.165, 1.54) is 0 Å². The zero-order valence-electron chi connectivity index (χ0n) is 30.9. The summed E-state index contributed by atoms with van der Waals surface area (Å²) in [4.78, 5) is 10.4. The summed E-state index contributed by atoms with van der Waals surface area (Å²) in [5.41, 5.74) is 12.8. The van der Waals surface area contributed by atoms with Crippen molar-refractivity contribution in [1.82, 2.24) is 9.97 Å². The first-order chi connectivity index (χ1) is 22.2. The van der Waals surface area contributed by atoms with E-state index in [4.69, 9.17) is 21.6 Å². The van der Waals surface area contributed by atoms with Gasteiger partial charge < -0.3 is 5.32 Å². The molecule has 0 fully saturated rings.